The van der Waals surface area contributed by atoms with Crippen molar-refractivity contribution < 1.29 is 53.7 Å². The summed E-state index contributed by atoms with van der Waals surface area (Å²) in [6, 6.07) is 12.7. The summed E-state index contributed by atoms with van der Waals surface area (Å²) in [5.74, 6) is -4.51. The Bertz CT molecular complexity index is 1760. The van der Waals surface area contributed by atoms with E-state index in [2.05, 4.69) is 60.0 Å². The predicted molar refractivity (Wildman–Crippen MR) is 196 cm³/mol. The fraction of sp³-hybridized carbons (Fsp3) is 0.395. The van der Waals surface area contributed by atoms with Crippen molar-refractivity contribution in [2.75, 3.05) is 90.5 Å². The number of hydrogen-bond acceptors (Lipinski definition) is 9. The van der Waals surface area contributed by atoms with E-state index in [4.69, 9.17) is 19.7 Å². The van der Waals surface area contributed by atoms with Crippen molar-refractivity contribution in [3.05, 3.63) is 88.2 Å². The fourth-order valence-electron chi connectivity index (χ4n) is 6.39. The Hall–Kier alpha value is -5.47. The Morgan fingerprint density at radius 1 is 0.712 bits per heavy atom. The van der Waals surface area contributed by atoms with E-state index in [1.807, 2.05) is 34.3 Å². The van der Waals surface area contributed by atoms with Crippen LogP contribution in [0.25, 0.3) is 5.57 Å². The normalized spacial score (nSPS) is 14.4. The summed E-state index contributed by atoms with van der Waals surface area (Å²) < 4.78 is 13.0. The molecule has 4 N–H and O–H groups in total. The van der Waals surface area contributed by atoms with Gasteiger partial charge < -0.3 is 39.7 Å². The van der Waals surface area contributed by atoms with E-state index in [0.29, 0.717) is 0 Å². The van der Waals surface area contributed by atoms with E-state index < -0.39 is 50.1 Å². The van der Waals surface area contributed by atoms with Crippen LogP contribution >= 0.6 is 0 Å². The SMILES string of the molecule is CN(C)c1ccc2c(c1)C(C)(C)c1cc(N(C)C)ccc1C2=C1C=CC(=[N+](CC(=O)O)CC(=O)O)C(OCCOCCN(CC(=O)O)CC(=O)O)=C1. The Balaban J connectivity index is 1.79. The number of allylic oxidation sites excluding steroid dienone is 4. The molecule has 0 heterocycles. The highest BCUT2D eigenvalue weighted by atomic mass is 16.5. The van der Waals surface area contributed by atoms with Crippen LogP contribution in [0, 0.1) is 0 Å². The van der Waals surface area contributed by atoms with Crippen LogP contribution < -0.4 is 9.80 Å². The quantitative estimate of drug-likeness (QED) is 0.139. The van der Waals surface area contributed by atoms with Gasteiger partial charge in [0.1, 0.15) is 6.61 Å². The minimum atomic E-state index is -1.22. The van der Waals surface area contributed by atoms with Crippen LogP contribution in [-0.4, -0.2) is 140 Å². The first-order chi connectivity index (χ1) is 24.5. The van der Waals surface area contributed by atoms with Gasteiger partial charge in [-0.25, -0.2) is 14.2 Å². The first-order valence-corrected chi connectivity index (χ1v) is 16.7. The number of carboxylic acids is 4. The molecule has 0 unspecified atom stereocenters. The van der Waals surface area contributed by atoms with Gasteiger partial charge in [0, 0.05) is 57.6 Å². The van der Waals surface area contributed by atoms with E-state index in [1.165, 1.54) is 9.48 Å². The second-order valence-corrected chi connectivity index (χ2v) is 13.5. The van der Waals surface area contributed by atoms with E-state index in [9.17, 15) is 29.4 Å². The zero-order chi connectivity index (χ0) is 38.3. The maximum atomic E-state index is 11.8. The fourth-order valence-corrected chi connectivity index (χ4v) is 6.39. The van der Waals surface area contributed by atoms with Gasteiger partial charge in [-0.3, -0.25) is 14.5 Å². The molecular formula is C38H47N4O10+. The minimum absolute atomic E-state index is 0.0176. The minimum Gasteiger partial charge on any atom is -0.485 e. The van der Waals surface area contributed by atoms with Gasteiger partial charge >= 0.3 is 23.9 Å². The van der Waals surface area contributed by atoms with Gasteiger partial charge in [0.05, 0.1) is 26.3 Å². The first-order valence-electron chi connectivity index (χ1n) is 16.7. The molecule has 4 rings (SSSR count). The second kappa shape index (κ2) is 16.7. The van der Waals surface area contributed by atoms with Crippen LogP contribution in [0.5, 0.6) is 0 Å². The van der Waals surface area contributed by atoms with Crippen molar-refractivity contribution in [1.82, 2.24) is 4.90 Å². The summed E-state index contributed by atoms with van der Waals surface area (Å²) >= 11 is 0. The molecule has 0 radical (unpaired) electrons. The second-order valence-electron chi connectivity index (χ2n) is 13.5. The maximum Gasteiger partial charge on any atom is 0.369 e. The molecule has 0 saturated carbocycles. The van der Waals surface area contributed by atoms with Crippen LogP contribution in [0.2, 0.25) is 0 Å². The summed E-state index contributed by atoms with van der Waals surface area (Å²) in [6.45, 7) is 2.43. The van der Waals surface area contributed by atoms with Gasteiger partial charge in [0.2, 0.25) is 18.8 Å². The number of anilines is 2. The number of carboxylic acid groups (broad SMARTS) is 4. The molecule has 0 aliphatic heterocycles. The van der Waals surface area contributed by atoms with E-state index >= 15 is 0 Å². The van der Waals surface area contributed by atoms with Gasteiger partial charge in [-0.1, -0.05) is 26.0 Å². The molecule has 0 spiro atoms. The molecule has 0 amide bonds. The third-order valence-electron chi connectivity index (χ3n) is 8.92. The predicted octanol–water partition coefficient (Wildman–Crippen LogP) is 2.84. The highest BCUT2D eigenvalue weighted by molar-refractivity contribution is 6.07. The summed E-state index contributed by atoms with van der Waals surface area (Å²) in [5.41, 5.74) is 7.98. The monoisotopic (exact) mass is 719 g/mol. The molecule has 278 valence electrons. The van der Waals surface area contributed by atoms with Gasteiger partial charge in [-0.2, -0.15) is 0 Å². The van der Waals surface area contributed by atoms with Crippen molar-refractivity contribution in [3.63, 3.8) is 0 Å². The first kappa shape index (κ1) is 39.3. The molecule has 0 fully saturated rings. The summed E-state index contributed by atoms with van der Waals surface area (Å²) in [4.78, 5) is 51.2. The number of hydrogen-bond donors (Lipinski definition) is 4. The van der Waals surface area contributed by atoms with E-state index in [-0.39, 0.29) is 43.3 Å². The number of benzene rings is 2. The third kappa shape index (κ3) is 9.44. The molecule has 2 aliphatic carbocycles. The van der Waals surface area contributed by atoms with Crippen molar-refractivity contribution in [1.29, 1.82) is 0 Å². The molecule has 0 saturated heterocycles. The van der Waals surface area contributed by atoms with Gasteiger partial charge in [0.15, 0.2) is 5.76 Å². The summed E-state index contributed by atoms with van der Waals surface area (Å²) in [7, 11) is 7.98. The average Bonchev–Trinajstić information content (AvgIpc) is 3.04. The number of carbonyl (C=O) groups is 4. The molecule has 0 atom stereocenters. The number of nitrogens with zero attached hydrogens (tertiary/aromatic N) is 4. The molecule has 14 nitrogen and oxygen atoms in total. The third-order valence-corrected chi connectivity index (χ3v) is 8.92. The van der Waals surface area contributed by atoms with Crippen molar-refractivity contribution in [2.45, 2.75) is 19.3 Å². The highest BCUT2D eigenvalue weighted by Gasteiger charge is 2.37. The molecule has 2 aromatic rings. The van der Waals surface area contributed by atoms with Gasteiger partial charge in [-0.05, 0) is 69.8 Å². The zero-order valence-corrected chi connectivity index (χ0v) is 30.4. The van der Waals surface area contributed by atoms with Crippen LogP contribution in [0.1, 0.15) is 36.1 Å². The lowest BCUT2D eigenvalue weighted by atomic mass is 9.66. The highest BCUT2D eigenvalue weighted by Crippen LogP contribution is 2.49. The van der Waals surface area contributed by atoms with Gasteiger partial charge in [-0.15, -0.1) is 0 Å². The van der Waals surface area contributed by atoms with Crippen molar-refractivity contribution >= 4 is 46.5 Å². The van der Waals surface area contributed by atoms with E-state index in [1.54, 1.807) is 12.2 Å². The summed E-state index contributed by atoms with van der Waals surface area (Å²) in [6.07, 6.45) is 5.30. The lowest BCUT2D eigenvalue weighted by Gasteiger charge is -2.38. The number of aliphatic carboxylic acids is 4. The topological polar surface area (TPSA) is 180 Å². The van der Waals surface area contributed by atoms with Crippen molar-refractivity contribution in [2.24, 2.45) is 0 Å². The van der Waals surface area contributed by atoms with Crippen LogP contribution in [0.4, 0.5) is 11.4 Å². The van der Waals surface area contributed by atoms with Gasteiger partial charge in [0.25, 0.3) is 0 Å². The van der Waals surface area contributed by atoms with E-state index in [0.717, 1.165) is 44.8 Å². The van der Waals surface area contributed by atoms with Crippen LogP contribution in [-0.2, 0) is 34.1 Å². The maximum absolute atomic E-state index is 11.8. The molecule has 14 heteroatoms. The lowest BCUT2D eigenvalue weighted by molar-refractivity contribution is -0.508. The smallest absolute Gasteiger partial charge is 0.369 e. The Labute approximate surface area is 302 Å². The average molecular weight is 720 g/mol. The molecule has 2 aliphatic rings. The summed E-state index contributed by atoms with van der Waals surface area (Å²) in [5, 5.41) is 37.5. The Kier molecular flexibility index (Phi) is 12.6. The molecule has 0 bridgehead atoms. The molecule has 0 aromatic heterocycles. The number of rotatable bonds is 17. The lowest BCUT2D eigenvalue weighted by Crippen LogP contribution is -2.37. The standard InChI is InChI=1S/C38H46N4O10/c1-38(2)29-18-25(39(3)4)8-10-27(29)37(28-11-9-26(40(5)6)19-30(28)38)24-7-12-31(42(22-35(47)48)23-36(49)50)32(17-24)52-16-15-51-14-13-41(20-33(43)44)21-34(45)46/h7-12,17-19H,13-16,20-23H2,1-6H3,(H3-,43,44,45,46,47,48,49,50)/p+1. The Morgan fingerprint density at radius 3 is 1.69 bits per heavy atom. The molecular weight excluding hydrogens is 672 g/mol. The zero-order valence-electron chi connectivity index (χ0n) is 30.4. The molecule has 2 aromatic carbocycles. The molecule has 52 heavy (non-hydrogen) atoms. The van der Waals surface area contributed by atoms with Crippen LogP contribution in [0.15, 0.2) is 66.0 Å². The Morgan fingerprint density at radius 2 is 1.23 bits per heavy atom. The van der Waals surface area contributed by atoms with Crippen molar-refractivity contribution in [3.8, 4) is 0 Å². The number of fused-ring (bicyclic) bond motifs is 2. The van der Waals surface area contributed by atoms with Crippen LogP contribution in [0.3, 0.4) is 0 Å². The number of ether oxygens (including phenoxy) is 2. The largest absolute Gasteiger partial charge is 0.485 e.